The maximum Gasteiger partial charge on any atom is 0.146 e. The highest BCUT2D eigenvalue weighted by Crippen LogP contribution is 2.34. The summed E-state index contributed by atoms with van der Waals surface area (Å²) in [5.74, 6) is 4.22. The Morgan fingerprint density at radius 3 is 2.87 bits per heavy atom. The summed E-state index contributed by atoms with van der Waals surface area (Å²) in [6, 6.07) is 8.03. The quantitative estimate of drug-likeness (QED) is 0.558. The van der Waals surface area contributed by atoms with E-state index in [-0.39, 0.29) is 11.9 Å². The van der Waals surface area contributed by atoms with E-state index in [1.165, 1.54) is 24.7 Å². The van der Waals surface area contributed by atoms with E-state index in [4.69, 9.17) is 9.47 Å². The van der Waals surface area contributed by atoms with Crippen LogP contribution in [0.2, 0.25) is 0 Å². The average molecular weight is 445 g/mol. The molecule has 3 aromatic rings. The van der Waals surface area contributed by atoms with Crippen LogP contribution in [0.1, 0.15) is 18.4 Å². The molecule has 0 radical (unpaired) electrons. The fourth-order valence-corrected chi connectivity index (χ4v) is 4.22. The highest BCUT2D eigenvalue weighted by molar-refractivity contribution is 8.00. The largest absolute Gasteiger partial charge is 0.486 e. The third-order valence-electron chi connectivity index (χ3n) is 4.88. The van der Waals surface area contributed by atoms with Gasteiger partial charge in [0.05, 0.1) is 17.8 Å². The number of nitrogens with zero attached hydrogens (tertiary/aromatic N) is 2. The number of rotatable bonds is 6. The predicted octanol–water partition coefficient (Wildman–Crippen LogP) is 4.05. The molecular weight excluding hydrogens is 419 g/mol. The molecule has 1 aliphatic rings. The molecule has 0 amide bonds. The SMILES string of the molecule is C=S(C)(=O)Nc1cc(C)c2c(Nc3ccc(F)cc3OC3CCCOC3)ncnc2c1. The number of hydrogen-bond donors (Lipinski definition) is 2. The average Bonchev–Trinajstić information content (AvgIpc) is 2.69. The Labute approximate surface area is 181 Å². The summed E-state index contributed by atoms with van der Waals surface area (Å²) >= 11 is 0. The van der Waals surface area contributed by atoms with Crippen LogP contribution < -0.4 is 14.8 Å². The molecule has 0 aliphatic carbocycles. The van der Waals surface area contributed by atoms with Crippen LogP contribution in [0.5, 0.6) is 5.75 Å². The molecule has 1 fully saturated rings. The van der Waals surface area contributed by atoms with Crippen LogP contribution in [0.15, 0.2) is 36.7 Å². The number of hydrogen-bond acceptors (Lipinski definition) is 6. The smallest absolute Gasteiger partial charge is 0.146 e. The van der Waals surface area contributed by atoms with E-state index in [0.29, 0.717) is 35.1 Å². The first-order chi connectivity index (χ1) is 14.8. The Balaban J connectivity index is 1.68. The third-order valence-corrected chi connectivity index (χ3v) is 5.55. The molecule has 0 spiro atoms. The van der Waals surface area contributed by atoms with Crippen molar-refractivity contribution in [3.63, 3.8) is 0 Å². The number of nitrogens with one attached hydrogen (secondary N) is 2. The van der Waals surface area contributed by atoms with Crippen LogP contribution >= 0.6 is 0 Å². The zero-order valence-corrected chi connectivity index (χ0v) is 18.3. The molecule has 2 heterocycles. The van der Waals surface area contributed by atoms with Crippen molar-refractivity contribution in [3.05, 3.63) is 48.0 Å². The van der Waals surface area contributed by atoms with Gasteiger partial charge in [0, 0.05) is 39.7 Å². The summed E-state index contributed by atoms with van der Waals surface area (Å²) < 4.78 is 40.4. The number of benzene rings is 2. The maximum absolute atomic E-state index is 13.9. The van der Waals surface area contributed by atoms with Gasteiger partial charge in [0.15, 0.2) is 0 Å². The van der Waals surface area contributed by atoms with Crippen molar-refractivity contribution in [2.24, 2.45) is 0 Å². The van der Waals surface area contributed by atoms with Gasteiger partial charge in [0.2, 0.25) is 0 Å². The van der Waals surface area contributed by atoms with Gasteiger partial charge in [-0.05, 0) is 55.5 Å². The predicted molar refractivity (Wildman–Crippen MR) is 123 cm³/mol. The zero-order chi connectivity index (χ0) is 22.0. The number of ether oxygens (including phenoxy) is 2. The second kappa shape index (κ2) is 8.68. The van der Waals surface area contributed by atoms with Gasteiger partial charge in [-0.2, -0.15) is 0 Å². The summed E-state index contributed by atoms with van der Waals surface area (Å²) in [4.78, 5) is 8.75. The molecule has 9 heteroatoms. The van der Waals surface area contributed by atoms with Crippen molar-refractivity contribution in [1.82, 2.24) is 9.97 Å². The van der Waals surface area contributed by atoms with Gasteiger partial charge in [-0.3, -0.25) is 0 Å². The molecule has 2 N–H and O–H groups in total. The van der Waals surface area contributed by atoms with Crippen LogP contribution in [0.25, 0.3) is 10.9 Å². The summed E-state index contributed by atoms with van der Waals surface area (Å²) in [6.07, 6.45) is 4.62. The first-order valence-electron chi connectivity index (χ1n) is 9.95. The number of fused-ring (bicyclic) bond motifs is 1. The van der Waals surface area contributed by atoms with Crippen LogP contribution in [-0.2, 0) is 14.4 Å². The van der Waals surface area contributed by atoms with Gasteiger partial charge < -0.3 is 19.5 Å². The van der Waals surface area contributed by atoms with Gasteiger partial charge in [-0.15, -0.1) is 0 Å². The van der Waals surface area contributed by atoms with Crippen molar-refractivity contribution < 1.29 is 18.1 Å². The first-order valence-corrected chi connectivity index (χ1v) is 12.1. The van der Waals surface area contributed by atoms with Crippen molar-refractivity contribution in [2.75, 3.05) is 29.5 Å². The normalized spacial score (nSPS) is 18.4. The molecule has 0 bridgehead atoms. The molecule has 1 saturated heterocycles. The van der Waals surface area contributed by atoms with Crippen LogP contribution in [0.4, 0.5) is 21.6 Å². The lowest BCUT2D eigenvalue weighted by molar-refractivity contribution is 0.00763. The number of anilines is 3. The van der Waals surface area contributed by atoms with E-state index in [9.17, 15) is 8.60 Å². The van der Waals surface area contributed by atoms with E-state index in [0.717, 1.165) is 30.4 Å². The zero-order valence-electron chi connectivity index (χ0n) is 17.5. The Morgan fingerprint density at radius 1 is 1.29 bits per heavy atom. The molecule has 2 atom stereocenters. The van der Waals surface area contributed by atoms with Crippen LogP contribution in [-0.4, -0.2) is 45.6 Å². The molecule has 31 heavy (non-hydrogen) atoms. The number of aryl methyl sites for hydroxylation is 1. The molecule has 7 nitrogen and oxygen atoms in total. The minimum Gasteiger partial charge on any atom is -0.486 e. The lowest BCUT2D eigenvalue weighted by Gasteiger charge is -2.24. The molecular formula is C22H25FN4O3S. The Morgan fingerprint density at radius 2 is 2.13 bits per heavy atom. The van der Waals surface area contributed by atoms with E-state index in [1.54, 1.807) is 12.1 Å². The molecule has 2 unspecified atom stereocenters. The fraction of sp³-hybridized carbons (Fsp3) is 0.318. The molecule has 2 aromatic carbocycles. The summed E-state index contributed by atoms with van der Waals surface area (Å²) in [5, 5.41) is 4.07. The van der Waals surface area contributed by atoms with Crippen LogP contribution in [0.3, 0.4) is 0 Å². The highest BCUT2D eigenvalue weighted by Gasteiger charge is 2.19. The molecule has 0 saturated carbocycles. The van der Waals surface area contributed by atoms with Crippen LogP contribution in [0, 0.1) is 12.7 Å². The van der Waals surface area contributed by atoms with Gasteiger partial charge in [0.1, 0.15) is 29.8 Å². The second-order valence-electron chi connectivity index (χ2n) is 7.74. The number of aromatic nitrogens is 2. The standard InChI is InChI=1S/C22H25FN4O3S/c1-14-9-16(27-31(2,3)28)11-19-21(14)22(25-13-24-19)26-18-7-6-15(23)10-20(18)30-17-5-4-8-29-12-17/h6-7,9-11,13,17H,2,4-5,8,12H2,1,3H3,(H,27,28)(H,24,25,26). The monoisotopic (exact) mass is 444 g/mol. The topological polar surface area (TPSA) is 85.4 Å². The van der Waals surface area contributed by atoms with Gasteiger partial charge in [-0.1, -0.05) is 0 Å². The number of halogens is 1. The Bertz CT molecular complexity index is 1210. The molecule has 4 rings (SSSR count). The summed E-state index contributed by atoms with van der Waals surface area (Å²) in [5.41, 5.74) is 2.83. The van der Waals surface area contributed by atoms with Crippen molar-refractivity contribution in [1.29, 1.82) is 0 Å². The Hall–Kier alpha value is -2.91. The third kappa shape index (κ3) is 5.23. The summed E-state index contributed by atoms with van der Waals surface area (Å²) in [7, 11) is -2.42. The van der Waals surface area contributed by atoms with Crippen molar-refractivity contribution in [3.8, 4) is 5.75 Å². The van der Waals surface area contributed by atoms with Gasteiger partial charge in [0.25, 0.3) is 0 Å². The fourth-order valence-electron chi connectivity index (χ4n) is 3.60. The second-order valence-corrected chi connectivity index (χ2v) is 9.95. The van der Waals surface area contributed by atoms with Gasteiger partial charge >= 0.3 is 0 Å². The minimum absolute atomic E-state index is 0.125. The van der Waals surface area contributed by atoms with Gasteiger partial charge in [-0.25, -0.2) is 18.6 Å². The summed E-state index contributed by atoms with van der Waals surface area (Å²) in [6.45, 7) is 3.12. The lowest BCUT2D eigenvalue weighted by atomic mass is 10.1. The molecule has 164 valence electrons. The van der Waals surface area contributed by atoms with Crippen molar-refractivity contribution in [2.45, 2.75) is 25.9 Å². The van der Waals surface area contributed by atoms with Crippen molar-refractivity contribution >= 4 is 43.7 Å². The molecule has 1 aliphatic heterocycles. The highest BCUT2D eigenvalue weighted by atomic mass is 32.2. The lowest BCUT2D eigenvalue weighted by Crippen LogP contribution is -2.28. The molecule has 1 aromatic heterocycles. The Kier molecular flexibility index (Phi) is 5.97. The maximum atomic E-state index is 13.9. The van der Waals surface area contributed by atoms with E-state index >= 15 is 0 Å². The first kappa shape index (κ1) is 21.3. The van der Waals surface area contributed by atoms with E-state index < -0.39 is 9.71 Å². The van der Waals surface area contributed by atoms with E-state index in [2.05, 4.69) is 25.9 Å². The minimum atomic E-state index is -2.42. The van der Waals surface area contributed by atoms with E-state index in [1.807, 2.05) is 13.0 Å².